The Hall–Kier alpha value is -4.68. The third kappa shape index (κ3) is 6.04. The molecule has 0 aromatic heterocycles. The van der Waals surface area contributed by atoms with Crippen LogP contribution in [0.3, 0.4) is 0 Å². The van der Waals surface area contributed by atoms with Gasteiger partial charge in [0.25, 0.3) is 0 Å². The summed E-state index contributed by atoms with van der Waals surface area (Å²) in [6.45, 7) is 13.8. The van der Waals surface area contributed by atoms with Gasteiger partial charge in [-0.2, -0.15) is 0 Å². The van der Waals surface area contributed by atoms with Crippen LogP contribution >= 0.6 is 0 Å². The zero-order chi connectivity index (χ0) is 35.9. The SMILES string of the molecule is C=C(C)C1=C(O)[C@@]2(O)C(C)=C3C(=O)c4c(O)ccc(-c5cc(CCC(Cc6ccccc6)C(=C)CCC)ccc5OC)c4C[C@H]3C[C@H]2CC1=O. The molecule has 0 aliphatic heterocycles. The average Bonchev–Trinajstić information content (AvgIpc) is 3.08. The lowest BCUT2D eigenvalue weighted by atomic mass is 9.58. The molecule has 0 heterocycles. The Bertz CT molecular complexity index is 1950. The third-order valence-corrected chi connectivity index (χ3v) is 11.3. The van der Waals surface area contributed by atoms with Crippen molar-refractivity contribution in [2.24, 2.45) is 17.8 Å². The molecule has 4 atom stereocenters. The van der Waals surface area contributed by atoms with Gasteiger partial charge in [0.05, 0.1) is 18.2 Å². The number of phenols is 1. The first-order valence-electron chi connectivity index (χ1n) is 17.7. The highest BCUT2D eigenvalue weighted by Crippen LogP contribution is 2.54. The van der Waals surface area contributed by atoms with E-state index in [1.54, 1.807) is 27.0 Å². The summed E-state index contributed by atoms with van der Waals surface area (Å²) in [5.41, 5.74) is 5.57. The van der Waals surface area contributed by atoms with Crippen LogP contribution < -0.4 is 4.74 Å². The minimum Gasteiger partial charge on any atom is -0.508 e. The molecular weight excluding hydrogens is 624 g/mol. The largest absolute Gasteiger partial charge is 0.508 e. The number of ether oxygens (including phenoxy) is 1. The predicted molar refractivity (Wildman–Crippen MR) is 197 cm³/mol. The number of aromatic hydroxyl groups is 1. The molecule has 3 aliphatic carbocycles. The van der Waals surface area contributed by atoms with Gasteiger partial charge < -0.3 is 20.1 Å². The number of aliphatic hydroxyl groups is 2. The van der Waals surface area contributed by atoms with Crippen molar-refractivity contribution in [2.45, 2.75) is 77.7 Å². The molecule has 6 rings (SSSR count). The van der Waals surface area contributed by atoms with Crippen molar-refractivity contribution >= 4 is 11.6 Å². The van der Waals surface area contributed by atoms with E-state index in [0.29, 0.717) is 41.2 Å². The molecule has 6 heteroatoms. The van der Waals surface area contributed by atoms with Crippen LogP contribution in [0.1, 0.15) is 79.9 Å². The number of phenolic OH excluding ortho intramolecular Hbond substituents is 1. The molecule has 0 saturated heterocycles. The molecule has 0 saturated carbocycles. The first kappa shape index (κ1) is 35.2. The van der Waals surface area contributed by atoms with E-state index in [1.165, 1.54) is 11.1 Å². The van der Waals surface area contributed by atoms with E-state index in [1.807, 2.05) is 18.2 Å². The van der Waals surface area contributed by atoms with Gasteiger partial charge in [-0.3, -0.25) is 9.59 Å². The summed E-state index contributed by atoms with van der Waals surface area (Å²) in [5.74, 6) is -1.07. The number of Topliss-reactive ketones (excluding diaryl/α,β-unsaturated/α-hetero) is 2. The number of carbonyl (C=O) groups is 2. The summed E-state index contributed by atoms with van der Waals surface area (Å²) in [7, 11) is 1.63. The molecule has 0 amide bonds. The van der Waals surface area contributed by atoms with Crippen molar-refractivity contribution in [2.75, 3.05) is 7.11 Å². The van der Waals surface area contributed by atoms with E-state index >= 15 is 0 Å². The summed E-state index contributed by atoms with van der Waals surface area (Å²) in [4.78, 5) is 27.5. The average molecular weight is 673 g/mol. The van der Waals surface area contributed by atoms with Gasteiger partial charge in [-0.05, 0) is 116 Å². The second-order valence-corrected chi connectivity index (χ2v) is 14.5. The van der Waals surface area contributed by atoms with E-state index in [4.69, 9.17) is 4.74 Å². The lowest BCUT2D eigenvalue weighted by Crippen LogP contribution is -2.52. The van der Waals surface area contributed by atoms with Crippen LogP contribution in [-0.2, 0) is 24.1 Å². The molecule has 3 aromatic rings. The smallest absolute Gasteiger partial charge is 0.193 e. The van der Waals surface area contributed by atoms with Crippen LogP contribution in [0.15, 0.2) is 107 Å². The van der Waals surface area contributed by atoms with Gasteiger partial charge >= 0.3 is 0 Å². The number of methoxy groups -OCH3 is 1. The molecule has 3 N–H and O–H groups in total. The maximum atomic E-state index is 14.4. The van der Waals surface area contributed by atoms with E-state index in [9.17, 15) is 24.9 Å². The number of aryl methyl sites for hydroxylation is 1. The van der Waals surface area contributed by atoms with Crippen LogP contribution in [0.25, 0.3) is 11.1 Å². The Morgan fingerprint density at radius 1 is 1.00 bits per heavy atom. The summed E-state index contributed by atoms with van der Waals surface area (Å²) in [6.07, 6.45) is 5.58. The zero-order valence-corrected chi connectivity index (χ0v) is 29.6. The van der Waals surface area contributed by atoms with E-state index in [0.717, 1.165) is 54.4 Å². The standard InChI is InChI=1S/C44H48O6/c1-7-11-26(4)30(20-28-12-9-8-10-13-28)16-14-29-15-19-38(50-6)34(21-29)33-17-18-36(45)41-35(33)23-31-22-32-24-37(46)39(25(2)3)43(48)44(32,49)27(5)40(31)42(41)47/h8-10,12-13,15,17-19,21,30-32,45,48-49H,2,4,7,11,14,16,20,22-24H2,1,3,5-6H3/t30?,31-,32+,44-/m1/s1. The number of hydrogen-bond donors (Lipinski definition) is 3. The first-order valence-corrected chi connectivity index (χ1v) is 17.7. The van der Waals surface area contributed by atoms with Crippen LogP contribution in [0.2, 0.25) is 0 Å². The quantitative estimate of drug-likeness (QED) is 0.176. The van der Waals surface area contributed by atoms with E-state index in [2.05, 4.69) is 56.5 Å². The lowest BCUT2D eigenvalue weighted by molar-refractivity contribution is -0.121. The van der Waals surface area contributed by atoms with Crippen LogP contribution in [-0.4, -0.2) is 39.6 Å². The Balaban J connectivity index is 1.38. The Morgan fingerprint density at radius 3 is 2.42 bits per heavy atom. The number of carbonyl (C=O) groups excluding carboxylic acids is 2. The van der Waals surface area contributed by atoms with E-state index < -0.39 is 17.3 Å². The molecule has 0 fully saturated rings. The summed E-state index contributed by atoms with van der Waals surface area (Å²) in [6, 6.07) is 20.1. The molecule has 0 bridgehead atoms. The van der Waals surface area contributed by atoms with Gasteiger partial charge in [-0.1, -0.05) is 74.5 Å². The minimum absolute atomic E-state index is 0.0315. The number of aliphatic hydroxyl groups excluding tert-OH is 1. The maximum absolute atomic E-state index is 14.4. The maximum Gasteiger partial charge on any atom is 0.193 e. The highest BCUT2D eigenvalue weighted by Gasteiger charge is 2.55. The predicted octanol–water partition coefficient (Wildman–Crippen LogP) is 9.00. The Labute approximate surface area is 295 Å². The lowest BCUT2D eigenvalue weighted by Gasteiger charge is -2.48. The van der Waals surface area contributed by atoms with Gasteiger partial charge in [0.15, 0.2) is 11.6 Å². The Kier molecular flexibility index (Phi) is 9.78. The molecule has 0 spiro atoms. The van der Waals surface area contributed by atoms with Crippen molar-refractivity contribution in [1.82, 2.24) is 0 Å². The fraction of sp³-hybridized carbons (Fsp3) is 0.364. The van der Waals surface area contributed by atoms with Gasteiger partial charge in [0, 0.05) is 23.5 Å². The monoisotopic (exact) mass is 672 g/mol. The van der Waals surface area contributed by atoms with Crippen molar-refractivity contribution < 1.29 is 29.6 Å². The Morgan fingerprint density at radius 2 is 1.74 bits per heavy atom. The fourth-order valence-electron chi connectivity index (χ4n) is 8.75. The second kappa shape index (κ2) is 13.9. The van der Waals surface area contributed by atoms with Crippen LogP contribution in [0.4, 0.5) is 0 Å². The molecule has 50 heavy (non-hydrogen) atoms. The van der Waals surface area contributed by atoms with Gasteiger partial charge in [0.2, 0.25) is 0 Å². The normalized spacial score (nSPS) is 22.1. The van der Waals surface area contributed by atoms with Crippen molar-refractivity contribution in [3.05, 3.63) is 130 Å². The molecule has 260 valence electrons. The van der Waals surface area contributed by atoms with E-state index in [-0.39, 0.29) is 40.8 Å². The van der Waals surface area contributed by atoms with Gasteiger partial charge in [0.1, 0.15) is 22.9 Å². The molecule has 6 nitrogen and oxygen atoms in total. The zero-order valence-electron chi connectivity index (χ0n) is 29.6. The van der Waals surface area contributed by atoms with Crippen LogP contribution in [0.5, 0.6) is 11.5 Å². The highest BCUT2D eigenvalue weighted by molar-refractivity contribution is 6.15. The van der Waals surface area contributed by atoms with Crippen LogP contribution in [0, 0.1) is 17.8 Å². The number of benzene rings is 3. The number of allylic oxidation sites excluding steroid dienone is 4. The summed E-state index contributed by atoms with van der Waals surface area (Å²) in [5, 5.41) is 34.4. The van der Waals surface area contributed by atoms with Crippen molar-refractivity contribution in [3.8, 4) is 22.6 Å². The number of rotatable bonds is 11. The number of ketones is 2. The molecule has 3 aromatic carbocycles. The third-order valence-electron chi connectivity index (χ3n) is 11.3. The van der Waals surface area contributed by atoms with Gasteiger partial charge in [-0.15, -0.1) is 0 Å². The van der Waals surface area contributed by atoms with Gasteiger partial charge in [-0.25, -0.2) is 0 Å². The summed E-state index contributed by atoms with van der Waals surface area (Å²) >= 11 is 0. The van der Waals surface area contributed by atoms with Crippen molar-refractivity contribution in [1.29, 1.82) is 0 Å². The molecule has 0 radical (unpaired) electrons. The minimum atomic E-state index is -1.85. The second-order valence-electron chi connectivity index (χ2n) is 14.5. The number of hydrogen-bond acceptors (Lipinski definition) is 6. The summed E-state index contributed by atoms with van der Waals surface area (Å²) < 4.78 is 5.86. The fourth-order valence-corrected chi connectivity index (χ4v) is 8.75. The molecule has 3 aliphatic rings. The topological polar surface area (TPSA) is 104 Å². The highest BCUT2D eigenvalue weighted by atomic mass is 16.5. The molecular formula is C44H48O6. The molecule has 1 unspecified atom stereocenters. The first-order chi connectivity index (χ1) is 23.9. The number of fused-ring (bicyclic) bond motifs is 3. The van der Waals surface area contributed by atoms with Crippen molar-refractivity contribution in [3.63, 3.8) is 0 Å².